The molecule has 0 aliphatic rings. The van der Waals surface area contributed by atoms with Crippen LogP contribution in [0.1, 0.15) is 0 Å². The summed E-state index contributed by atoms with van der Waals surface area (Å²) in [6, 6.07) is 63.3. The molecule has 0 aliphatic heterocycles. The fourth-order valence-electron chi connectivity index (χ4n) is 6.46. The number of rotatable bonds is 4. The molecule has 0 heterocycles. The summed E-state index contributed by atoms with van der Waals surface area (Å²) in [5.74, 6) is 0. The second-order valence-electron chi connectivity index (χ2n) is 10.7. The summed E-state index contributed by atoms with van der Waals surface area (Å²) in [6.45, 7) is 0. The number of hydrogen-bond acceptors (Lipinski definition) is 0. The standard InChI is InChI=1S/C42H26.Y/c1-2-14-29(15-3-1)31-18-12-19-32(28-31)41-37-23-8-10-25-39(37)42(40-26-11-9-24-38(40)41)36-22-7-6-21-35(36)34-27-13-17-30-16-4-5-20-33(30)34;/h1-14,16-17,19-28H;/q-2;. The molecule has 0 aromatic heterocycles. The van der Waals surface area contributed by atoms with Gasteiger partial charge in [0.15, 0.2) is 0 Å². The maximum absolute atomic E-state index is 3.44. The average molecular weight is 620 g/mol. The van der Waals surface area contributed by atoms with Crippen LogP contribution in [0.3, 0.4) is 0 Å². The molecule has 0 saturated heterocycles. The van der Waals surface area contributed by atoms with Crippen LogP contribution in [0.25, 0.3) is 76.8 Å². The third-order valence-electron chi connectivity index (χ3n) is 8.30. The van der Waals surface area contributed by atoms with E-state index in [-0.39, 0.29) is 32.7 Å². The van der Waals surface area contributed by atoms with Crippen molar-refractivity contribution in [3.63, 3.8) is 0 Å². The molecule has 0 atom stereocenters. The Morgan fingerprint density at radius 1 is 0.349 bits per heavy atom. The van der Waals surface area contributed by atoms with E-state index in [9.17, 15) is 0 Å². The molecule has 0 aliphatic carbocycles. The van der Waals surface area contributed by atoms with Gasteiger partial charge in [-0.05, 0) is 60.1 Å². The van der Waals surface area contributed by atoms with E-state index in [0.717, 1.165) is 11.1 Å². The molecule has 0 unspecified atom stereocenters. The molecule has 0 bridgehead atoms. The van der Waals surface area contributed by atoms with Crippen molar-refractivity contribution in [1.29, 1.82) is 0 Å². The second kappa shape index (κ2) is 11.7. The van der Waals surface area contributed by atoms with Crippen LogP contribution in [-0.4, -0.2) is 0 Å². The van der Waals surface area contributed by atoms with Gasteiger partial charge < -0.3 is 0 Å². The minimum Gasteiger partial charge on any atom is -0.226 e. The number of hydrogen-bond donors (Lipinski definition) is 0. The van der Waals surface area contributed by atoms with E-state index in [1.807, 2.05) is 18.2 Å². The zero-order valence-electron chi connectivity index (χ0n) is 23.6. The van der Waals surface area contributed by atoms with E-state index in [1.165, 1.54) is 65.7 Å². The zero-order chi connectivity index (χ0) is 27.9. The third kappa shape index (κ3) is 4.82. The van der Waals surface area contributed by atoms with Crippen LogP contribution in [-0.2, 0) is 32.7 Å². The van der Waals surface area contributed by atoms with Gasteiger partial charge in [0, 0.05) is 32.7 Å². The molecule has 199 valence electrons. The van der Waals surface area contributed by atoms with Gasteiger partial charge in [-0.15, -0.1) is 17.7 Å². The minimum atomic E-state index is 0. The molecule has 0 nitrogen and oxygen atoms in total. The van der Waals surface area contributed by atoms with Gasteiger partial charge in [0.1, 0.15) is 0 Å². The van der Waals surface area contributed by atoms with Crippen LogP contribution in [0.2, 0.25) is 0 Å². The Bertz CT molecular complexity index is 2180. The van der Waals surface area contributed by atoms with E-state index in [0.29, 0.717) is 0 Å². The van der Waals surface area contributed by atoms with Crippen LogP contribution in [0.5, 0.6) is 0 Å². The SMILES string of the molecule is [Y].[c-]1ccccc1-c1[c-]ccc(-c2c3ccccc3c(-c3ccccc3-c3cccc4ccccc34)c3ccccc23)c1. The van der Waals surface area contributed by atoms with Gasteiger partial charge in [-0.2, -0.15) is 42.5 Å². The van der Waals surface area contributed by atoms with Crippen LogP contribution >= 0.6 is 0 Å². The Balaban J connectivity index is 0.00000300. The fraction of sp³-hybridized carbons (Fsp3) is 0. The van der Waals surface area contributed by atoms with Gasteiger partial charge >= 0.3 is 0 Å². The summed E-state index contributed by atoms with van der Waals surface area (Å²) in [5, 5.41) is 7.51. The predicted octanol–water partition coefficient (Wildman–Crippen LogP) is 11.4. The Labute approximate surface area is 277 Å². The maximum Gasteiger partial charge on any atom is 0 e. The summed E-state index contributed by atoms with van der Waals surface area (Å²) in [5.41, 5.74) is 9.54. The molecular weight excluding hydrogens is 593 g/mol. The topological polar surface area (TPSA) is 0 Å². The maximum atomic E-state index is 3.44. The first-order valence-electron chi connectivity index (χ1n) is 14.4. The smallest absolute Gasteiger partial charge is 0 e. The number of benzene rings is 8. The summed E-state index contributed by atoms with van der Waals surface area (Å²) in [7, 11) is 0. The van der Waals surface area contributed by atoms with Crippen molar-refractivity contribution < 1.29 is 32.7 Å². The van der Waals surface area contributed by atoms with Gasteiger partial charge in [0.2, 0.25) is 0 Å². The molecule has 0 amide bonds. The first-order valence-corrected chi connectivity index (χ1v) is 14.4. The monoisotopic (exact) mass is 619 g/mol. The van der Waals surface area contributed by atoms with E-state index in [1.54, 1.807) is 0 Å². The average Bonchev–Trinajstić information content (AvgIpc) is 3.07. The Morgan fingerprint density at radius 3 is 1.58 bits per heavy atom. The number of fused-ring (bicyclic) bond motifs is 3. The molecule has 1 radical (unpaired) electrons. The van der Waals surface area contributed by atoms with Crippen molar-refractivity contribution in [2.75, 3.05) is 0 Å². The second-order valence-corrected chi connectivity index (χ2v) is 10.7. The van der Waals surface area contributed by atoms with Crippen molar-refractivity contribution in [3.05, 3.63) is 170 Å². The Kier molecular flexibility index (Phi) is 7.50. The van der Waals surface area contributed by atoms with Crippen molar-refractivity contribution in [2.45, 2.75) is 0 Å². The van der Waals surface area contributed by atoms with Crippen LogP contribution in [0, 0.1) is 12.1 Å². The molecule has 8 rings (SSSR count). The van der Waals surface area contributed by atoms with E-state index < -0.39 is 0 Å². The summed E-state index contributed by atoms with van der Waals surface area (Å²) < 4.78 is 0. The minimum absolute atomic E-state index is 0. The molecule has 43 heavy (non-hydrogen) atoms. The molecule has 1 heteroatoms. The van der Waals surface area contributed by atoms with Crippen LogP contribution in [0.15, 0.2) is 158 Å². The Hall–Kier alpha value is -4.36. The van der Waals surface area contributed by atoms with E-state index in [4.69, 9.17) is 0 Å². The van der Waals surface area contributed by atoms with Gasteiger partial charge in [0.25, 0.3) is 0 Å². The molecule has 0 saturated carbocycles. The van der Waals surface area contributed by atoms with Gasteiger partial charge in [-0.3, -0.25) is 0 Å². The van der Waals surface area contributed by atoms with Gasteiger partial charge in [-0.1, -0.05) is 115 Å². The van der Waals surface area contributed by atoms with Gasteiger partial charge in [0.05, 0.1) is 0 Å². The summed E-state index contributed by atoms with van der Waals surface area (Å²) >= 11 is 0. The summed E-state index contributed by atoms with van der Waals surface area (Å²) in [4.78, 5) is 0. The van der Waals surface area contributed by atoms with Crippen molar-refractivity contribution >= 4 is 32.3 Å². The molecule has 0 fully saturated rings. The van der Waals surface area contributed by atoms with Crippen LogP contribution < -0.4 is 0 Å². The fourth-order valence-corrected chi connectivity index (χ4v) is 6.46. The molecule has 8 aromatic rings. The normalized spacial score (nSPS) is 11.1. The van der Waals surface area contributed by atoms with Crippen molar-refractivity contribution in [3.8, 4) is 44.5 Å². The molecular formula is C42H26Y-2. The summed E-state index contributed by atoms with van der Waals surface area (Å²) in [6.07, 6.45) is 0. The predicted molar refractivity (Wildman–Crippen MR) is 178 cm³/mol. The molecule has 0 spiro atoms. The van der Waals surface area contributed by atoms with Crippen LogP contribution in [0.4, 0.5) is 0 Å². The zero-order valence-corrected chi connectivity index (χ0v) is 26.4. The Morgan fingerprint density at radius 2 is 0.884 bits per heavy atom. The third-order valence-corrected chi connectivity index (χ3v) is 8.30. The largest absolute Gasteiger partial charge is 0.226 e. The first-order chi connectivity index (χ1) is 20.9. The van der Waals surface area contributed by atoms with Crippen molar-refractivity contribution in [1.82, 2.24) is 0 Å². The van der Waals surface area contributed by atoms with Gasteiger partial charge in [-0.25, -0.2) is 11.1 Å². The van der Waals surface area contributed by atoms with E-state index in [2.05, 4.69) is 152 Å². The first kappa shape index (κ1) is 27.5. The van der Waals surface area contributed by atoms with Crippen molar-refractivity contribution in [2.24, 2.45) is 0 Å². The molecule has 0 N–H and O–H groups in total. The van der Waals surface area contributed by atoms with E-state index >= 15 is 0 Å². The quantitative estimate of drug-likeness (QED) is 0.136. The molecule has 8 aromatic carbocycles.